The third-order valence-electron chi connectivity index (χ3n) is 8.28. The van der Waals surface area contributed by atoms with Gasteiger partial charge in [0, 0.05) is 0 Å². The van der Waals surface area contributed by atoms with Gasteiger partial charge in [0.1, 0.15) is 0 Å². The number of rotatable bonds is 6. The van der Waals surface area contributed by atoms with Crippen LogP contribution in [-0.2, 0) is 0 Å². The lowest BCUT2D eigenvalue weighted by atomic mass is 9.60. The summed E-state index contributed by atoms with van der Waals surface area (Å²) in [6, 6.07) is 0. The summed E-state index contributed by atoms with van der Waals surface area (Å²) in [5.74, 6) is 2.13. The van der Waals surface area contributed by atoms with E-state index in [1.807, 2.05) is 6.92 Å². The van der Waals surface area contributed by atoms with Gasteiger partial charge in [-0.25, -0.2) is 0 Å². The molecule has 3 aliphatic rings. The predicted molar refractivity (Wildman–Crippen MR) is 117 cm³/mol. The molecule has 3 fully saturated rings. The zero-order valence-corrected chi connectivity index (χ0v) is 18.7. The van der Waals surface area contributed by atoms with Crippen LogP contribution in [0.3, 0.4) is 0 Å². The van der Waals surface area contributed by atoms with Crippen LogP contribution < -0.4 is 5.11 Å². The van der Waals surface area contributed by atoms with Crippen molar-refractivity contribution in [1.82, 2.24) is 0 Å². The van der Waals surface area contributed by atoms with Crippen molar-refractivity contribution in [3.63, 3.8) is 0 Å². The van der Waals surface area contributed by atoms with E-state index in [2.05, 4.69) is 32.6 Å². The van der Waals surface area contributed by atoms with E-state index in [4.69, 9.17) is 0 Å². The van der Waals surface area contributed by atoms with Gasteiger partial charge in [-0.2, -0.15) is 0 Å². The fourth-order valence-electron chi connectivity index (χ4n) is 6.56. The fourth-order valence-corrected chi connectivity index (χ4v) is 6.56. The molecule has 3 heteroatoms. The molecule has 1 unspecified atom stereocenters. The Labute approximate surface area is 177 Å². The van der Waals surface area contributed by atoms with Crippen molar-refractivity contribution < 1.29 is 15.3 Å². The monoisotopic (exact) mass is 401 g/mol. The molecule has 0 aromatic rings. The van der Waals surface area contributed by atoms with E-state index in [1.165, 1.54) is 38.5 Å². The van der Waals surface area contributed by atoms with Crippen molar-refractivity contribution >= 4 is 0 Å². The average Bonchev–Trinajstić information content (AvgIpc) is 3.01. The summed E-state index contributed by atoms with van der Waals surface area (Å²) < 4.78 is 0. The minimum absolute atomic E-state index is 0.185. The lowest BCUT2D eigenvalue weighted by Crippen LogP contribution is -2.37. The third kappa shape index (κ3) is 5.06. The van der Waals surface area contributed by atoms with Gasteiger partial charge in [-0.15, -0.1) is 0 Å². The maximum Gasteiger partial charge on any atom is 0.0774 e. The second-order valence-corrected chi connectivity index (χ2v) is 10.4. The highest BCUT2D eigenvalue weighted by Crippen LogP contribution is 2.59. The number of aliphatic hydroxyl groups excluding tert-OH is 2. The molecule has 0 saturated heterocycles. The molecule has 0 amide bonds. The van der Waals surface area contributed by atoms with Crippen LogP contribution in [0.25, 0.3) is 0 Å². The maximum absolute atomic E-state index is 12.1. The van der Waals surface area contributed by atoms with Gasteiger partial charge in [-0.05, 0) is 81.5 Å². The highest BCUT2D eigenvalue weighted by Gasteiger charge is 2.50. The molecule has 2 N–H and O–H groups in total. The summed E-state index contributed by atoms with van der Waals surface area (Å²) in [7, 11) is 0. The maximum atomic E-state index is 12.1. The molecule has 0 spiro atoms. The number of hydrogen-bond donors (Lipinski definition) is 2. The van der Waals surface area contributed by atoms with Gasteiger partial charge in [-0.1, -0.05) is 68.2 Å². The number of aliphatic hydroxyl groups is 2. The van der Waals surface area contributed by atoms with Crippen LogP contribution in [0.1, 0.15) is 85.0 Å². The molecule has 0 aromatic carbocycles. The Kier molecular flexibility index (Phi) is 7.46. The normalized spacial score (nSPS) is 40.3. The summed E-state index contributed by atoms with van der Waals surface area (Å²) in [6.45, 7) is 10.6. The molecule has 3 nitrogen and oxygen atoms in total. The Hall–Kier alpha value is -0.900. The summed E-state index contributed by atoms with van der Waals surface area (Å²) in [5, 5.41) is 31.7. The van der Waals surface area contributed by atoms with Crippen LogP contribution in [0.15, 0.2) is 35.5 Å². The molecule has 0 radical (unpaired) electrons. The van der Waals surface area contributed by atoms with Gasteiger partial charge in [0.05, 0.1) is 12.2 Å². The Morgan fingerprint density at radius 3 is 2.66 bits per heavy atom. The number of hydrogen-bond acceptors (Lipinski definition) is 3. The highest BCUT2D eigenvalue weighted by molar-refractivity contribution is 5.29. The average molecular weight is 402 g/mol. The molecular formula is C26H41O3-. The first-order chi connectivity index (χ1) is 13.7. The van der Waals surface area contributed by atoms with Gasteiger partial charge in [0.2, 0.25) is 0 Å². The van der Waals surface area contributed by atoms with Crippen molar-refractivity contribution in [2.75, 3.05) is 0 Å². The molecule has 3 aliphatic carbocycles. The minimum Gasteiger partial charge on any atom is -0.848 e. The standard InChI is InChI=1S/C26H41O3/c1-17(7-5-8-18(2)27)22-12-13-23-21(9-6-14-26(22,23)4)11-10-20-15-24(28)19(3)25(29)16-20/h10-11,17-18,22-25,27-28H,3,5-9,12-16H2,1-2,4H3/q-1/b20-10-,21-11+/t17-,18+,22+,23?,24+,25+,26+/m0/s1. The SMILES string of the molecule is C=C1[C@H]([O-])C/C(=C\C=C2/CCC[C@@]3(C)C2CC[C@@H]3[C@@H](C)CCC[C@@H](C)O)C[C@H]1O. The van der Waals surface area contributed by atoms with E-state index in [1.54, 1.807) is 5.57 Å². The quantitative estimate of drug-likeness (QED) is 0.635. The third-order valence-corrected chi connectivity index (χ3v) is 8.28. The Morgan fingerprint density at radius 1 is 1.21 bits per heavy atom. The molecule has 7 atom stereocenters. The van der Waals surface area contributed by atoms with E-state index in [9.17, 15) is 15.3 Å². The van der Waals surface area contributed by atoms with Gasteiger partial charge in [0.15, 0.2) is 0 Å². The lowest BCUT2D eigenvalue weighted by molar-refractivity contribution is -0.409. The Morgan fingerprint density at radius 2 is 1.97 bits per heavy atom. The predicted octanol–water partition coefficient (Wildman–Crippen LogP) is 4.68. The Bertz CT molecular complexity index is 630. The summed E-state index contributed by atoms with van der Waals surface area (Å²) in [6.07, 6.45) is 13.3. The second kappa shape index (κ2) is 9.49. The molecule has 164 valence electrons. The molecule has 0 heterocycles. The zero-order chi connectivity index (χ0) is 21.2. The van der Waals surface area contributed by atoms with E-state index in [0.29, 0.717) is 35.7 Å². The van der Waals surface area contributed by atoms with Crippen molar-refractivity contribution in [3.05, 3.63) is 35.5 Å². The summed E-state index contributed by atoms with van der Waals surface area (Å²) in [4.78, 5) is 0. The second-order valence-electron chi connectivity index (χ2n) is 10.4. The van der Waals surface area contributed by atoms with E-state index in [-0.39, 0.29) is 6.10 Å². The first-order valence-electron chi connectivity index (χ1n) is 11.8. The molecular weight excluding hydrogens is 360 g/mol. The molecule has 0 aromatic heterocycles. The van der Waals surface area contributed by atoms with Gasteiger partial charge in [-0.3, -0.25) is 0 Å². The van der Waals surface area contributed by atoms with E-state index >= 15 is 0 Å². The zero-order valence-electron chi connectivity index (χ0n) is 18.7. The van der Waals surface area contributed by atoms with E-state index < -0.39 is 12.2 Å². The molecule has 0 bridgehead atoms. The van der Waals surface area contributed by atoms with E-state index in [0.717, 1.165) is 24.3 Å². The van der Waals surface area contributed by atoms with Crippen LogP contribution in [0.5, 0.6) is 0 Å². The van der Waals surface area contributed by atoms with Crippen LogP contribution in [0, 0.1) is 23.2 Å². The largest absolute Gasteiger partial charge is 0.848 e. The van der Waals surface area contributed by atoms with Gasteiger partial charge >= 0.3 is 0 Å². The first kappa shape index (κ1) is 22.8. The Balaban J connectivity index is 1.68. The van der Waals surface area contributed by atoms with Crippen LogP contribution >= 0.6 is 0 Å². The first-order valence-corrected chi connectivity index (χ1v) is 11.8. The summed E-state index contributed by atoms with van der Waals surface area (Å²) >= 11 is 0. The number of allylic oxidation sites excluding steroid dienone is 3. The van der Waals surface area contributed by atoms with Gasteiger partial charge in [0.25, 0.3) is 0 Å². The summed E-state index contributed by atoms with van der Waals surface area (Å²) in [5.41, 5.74) is 3.47. The minimum atomic E-state index is -0.863. The van der Waals surface area contributed by atoms with Crippen molar-refractivity contribution in [1.29, 1.82) is 0 Å². The fraction of sp³-hybridized carbons (Fsp3) is 0.769. The number of fused-ring (bicyclic) bond motifs is 1. The van der Waals surface area contributed by atoms with Crippen molar-refractivity contribution in [2.45, 2.75) is 103 Å². The van der Waals surface area contributed by atoms with Crippen LogP contribution in [0.2, 0.25) is 0 Å². The molecule has 3 saturated carbocycles. The molecule has 3 rings (SSSR count). The molecule has 29 heavy (non-hydrogen) atoms. The molecule has 0 aliphatic heterocycles. The van der Waals surface area contributed by atoms with Crippen LogP contribution in [-0.4, -0.2) is 28.5 Å². The van der Waals surface area contributed by atoms with Gasteiger partial charge < -0.3 is 15.3 Å². The smallest absolute Gasteiger partial charge is 0.0774 e. The topological polar surface area (TPSA) is 63.5 Å². The van der Waals surface area contributed by atoms with Crippen molar-refractivity contribution in [3.8, 4) is 0 Å². The highest BCUT2D eigenvalue weighted by atomic mass is 16.3. The van der Waals surface area contributed by atoms with Crippen molar-refractivity contribution in [2.24, 2.45) is 23.2 Å². The van der Waals surface area contributed by atoms with Crippen LogP contribution in [0.4, 0.5) is 0 Å². The lowest BCUT2D eigenvalue weighted by Gasteiger charge is -2.44.